The molecule has 6 heteroatoms. The zero-order valence-electron chi connectivity index (χ0n) is 9.74. The van der Waals surface area contributed by atoms with Crippen LogP contribution in [0.5, 0.6) is 0 Å². The van der Waals surface area contributed by atoms with Crippen molar-refractivity contribution < 1.29 is 19.8 Å². The van der Waals surface area contributed by atoms with Crippen LogP contribution in [-0.4, -0.2) is 40.8 Å². The number of carbonyl (C=O) groups is 2. The van der Waals surface area contributed by atoms with Crippen LogP contribution in [0, 0.1) is 0 Å². The summed E-state index contributed by atoms with van der Waals surface area (Å²) in [5, 5.41) is 19.7. The fourth-order valence-electron chi connectivity index (χ4n) is 1.38. The molecule has 0 aliphatic rings. The molecule has 6 nitrogen and oxygen atoms in total. The zero-order valence-corrected chi connectivity index (χ0v) is 9.74. The maximum absolute atomic E-state index is 11.5. The maximum Gasteiger partial charge on any atom is 0.334 e. The largest absolute Gasteiger partial charge is 0.479 e. The van der Waals surface area contributed by atoms with Gasteiger partial charge in [-0.05, 0) is 12.0 Å². The van der Waals surface area contributed by atoms with Crippen molar-refractivity contribution in [3.63, 3.8) is 0 Å². The number of aliphatic carboxylic acids is 1. The highest BCUT2D eigenvalue weighted by Gasteiger charge is 2.18. The molecule has 0 fully saturated rings. The molecule has 0 saturated heterocycles. The number of aliphatic hydroxyl groups is 1. The van der Waals surface area contributed by atoms with Gasteiger partial charge in [0, 0.05) is 0 Å². The normalized spacial score (nSPS) is 13.7. The van der Waals surface area contributed by atoms with Gasteiger partial charge in [-0.2, -0.15) is 0 Å². The van der Waals surface area contributed by atoms with E-state index in [-0.39, 0.29) is 6.54 Å². The molecule has 1 amide bonds. The summed E-state index contributed by atoms with van der Waals surface area (Å²) in [7, 11) is 0. The Kier molecular flexibility index (Phi) is 5.29. The fraction of sp³-hybridized carbons (Fsp3) is 0.333. The second-order valence-electron chi connectivity index (χ2n) is 3.90. The first kappa shape index (κ1) is 14.1. The van der Waals surface area contributed by atoms with E-state index >= 15 is 0 Å². The highest BCUT2D eigenvalue weighted by molar-refractivity contribution is 5.82. The number of carbonyl (C=O) groups excluding carboxylic acids is 1. The van der Waals surface area contributed by atoms with Crippen LogP contribution >= 0.6 is 0 Å². The number of nitrogens with one attached hydrogen (secondary N) is 1. The summed E-state index contributed by atoms with van der Waals surface area (Å²) < 4.78 is 0. The number of carboxylic acid groups (broad SMARTS) is 1. The first-order chi connectivity index (χ1) is 8.50. The Hall–Kier alpha value is -1.92. The second-order valence-corrected chi connectivity index (χ2v) is 3.90. The van der Waals surface area contributed by atoms with Gasteiger partial charge in [0.15, 0.2) is 6.10 Å². The molecule has 0 heterocycles. The second kappa shape index (κ2) is 6.73. The van der Waals surface area contributed by atoms with Crippen molar-refractivity contribution in [1.29, 1.82) is 0 Å². The van der Waals surface area contributed by atoms with Crippen molar-refractivity contribution in [2.45, 2.75) is 18.6 Å². The first-order valence-corrected chi connectivity index (χ1v) is 5.49. The van der Waals surface area contributed by atoms with E-state index in [9.17, 15) is 9.59 Å². The number of amides is 1. The first-order valence-electron chi connectivity index (χ1n) is 5.49. The quantitative estimate of drug-likeness (QED) is 0.525. The maximum atomic E-state index is 11.5. The number of aliphatic hydroxyl groups excluding tert-OH is 1. The molecule has 1 aromatic carbocycles. The molecule has 0 saturated carbocycles. The number of hydrogen-bond donors (Lipinski definition) is 4. The monoisotopic (exact) mass is 252 g/mol. The molecule has 18 heavy (non-hydrogen) atoms. The van der Waals surface area contributed by atoms with E-state index in [1.165, 1.54) is 0 Å². The zero-order chi connectivity index (χ0) is 13.5. The lowest BCUT2D eigenvalue weighted by atomic mass is 10.1. The van der Waals surface area contributed by atoms with Gasteiger partial charge in [-0.15, -0.1) is 0 Å². The summed E-state index contributed by atoms with van der Waals surface area (Å²) in [6.45, 7) is -0.351. The van der Waals surface area contributed by atoms with Crippen molar-refractivity contribution in [1.82, 2.24) is 5.32 Å². The average molecular weight is 252 g/mol. The molecule has 1 rings (SSSR count). The van der Waals surface area contributed by atoms with Crippen LogP contribution < -0.4 is 11.1 Å². The van der Waals surface area contributed by atoms with Crippen molar-refractivity contribution >= 4 is 11.9 Å². The molecule has 0 aliphatic carbocycles. The molecule has 0 unspecified atom stereocenters. The lowest BCUT2D eigenvalue weighted by molar-refractivity contribution is -0.146. The predicted molar refractivity (Wildman–Crippen MR) is 64.8 cm³/mol. The molecule has 0 bridgehead atoms. The molecule has 0 aliphatic heterocycles. The summed E-state index contributed by atoms with van der Waals surface area (Å²) in [4.78, 5) is 21.9. The van der Waals surface area contributed by atoms with E-state index in [0.717, 1.165) is 5.56 Å². The van der Waals surface area contributed by atoms with Crippen molar-refractivity contribution in [3.8, 4) is 0 Å². The van der Waals surface area contributed by atoms with Gasteiger partial charge in [0.1, 0.15) is 0 Å². The summed E-state index contributed by atoms with van der Waals surface area (Å²) in [5.41, 5.74) is 6.59. The summed E-state index contributed by atoms with van der Waals surface area (Å²) in [6.07, 6.45) is -1.26. The van der Waals surface area contributed by atoms with E-state index in [0.29, 0.717) is 6.42 Å². The number of carboxylic acids is 1. The van der Waals surface area contributed by atoms with Gasteiger partial charge >= 0.3 is 5.97 Å². The Labute approximate surface area is 104 Å². The molecule has 98 valence electrons. The van der Waals surface area contributed by atoms with Gasteiger partial charge in [-0.1, -0.05) is 30.3 Å². The summed E-state index contributed by atoms with van der Waals surface area (Å²) in [6, 6.07) is 8.47. The third-order valence-electron chi connectivity index (χ3n) is 2.39. The van der Waals surface area contributed by atoms with E-state index in [1.807, 2.05) is 30.3 Å². The predicted octanol–water partition coefficient (Wildman–Crippen LogP) is -0.882. The molecule has 0 radical (unpaired) electrons. The number of nitrogens with two attached hydrogens (primary N) is 1. The topological polar surface area (TPSA) is 113 Å². The fourth-order valence-corrected chi connectivity index (χ4v) is 1.38. The number of hydrogen-bond acceptors (Lipinski definition) is 4. The van der Waals surface area contributed by atoms with Gasteiger partial charge in [0.25, 0.3) is 0 Å². The van der Waals surface area contributed by atoms with Crippen LogP contribution in [-0.2, 0) is 16.0 Å². The van der Waals surface area contributed by atoms with E-state index in [1.54, 1.807) is 0 Å². The minimum absolute atomic E-state index is 0.351. The smallest absolute Gasteiger partial charge is 0.334 e. The number of rotatable bonds is 6. The van der Waals surface area contributed by atoms with Crippen LogP contribution in [0.25, 0.3) is 0 Å². The van der Waals surface area contributed by atoms with Crippen molar-refractivity contribution in [3.05, 3.63) is 35.9 Å². The number of benzene rings is 1. The van der Waals surface area contributed by atoms with E-state index in [4.69, 9.17) is 15.9 Å². The lowest BCUT2D eigenvalue weighted by Gasteiger charge is -2.13. The van der Waals surface area contributed by atoms with Gasteiger partial charge in [0.05, 0.1) is 12.6 Å². The van der Waals surface area contributed by atoms with Crippen LogP contribution in [0.1, 0.15) is 5.56 Å². The molecule has 0 spiro atoms. The third kappa shape index (κ3) is 4.52. The van der Waals surface area contributed by atoms with E-state index < -0.39 is 24.0 Å². The highest BCUT2D eigenvalue weighted by atomic mass is 16.4. The Balaban J connectivity index is 2.40. The molecular formula is C12H16N2O4. The molecule has 0 aromatic heterocycles. The highest BCUT2D eigenvalue weighted by Crippen LogP contribution is 2.01. The Morgan fingerprint density at radius 3 is 2.44 bits per heavy atom. The van der Waals surface area contributed by atoms with E-state index in [2.05, 4.69) is 5.32 Å². The molecule has 2 atom stereocenters. The van der Waals surface area contributed by atoms with Gasteiger partial charge in [-0.25, -0.2) is 4.79 Å². The summed E-state index contributed by atoms with van der Waals surface area (Å²) in [5.74, 6) is -1.87. The Morgan fingerprint density at radius 1 is 1.28 bits per heavy atom. The third-order valence-corrected chi connectivity index (χ3v) is 2.39. The van der Waals surface area contributed by atoms with Crippen molar-refractivity contribution in [2.75, 3.05) is 6.54 Å². The SMILES string of the molecule is N[C@H](Cc1ccccc1)C(=O)NC[C@H](O)C(=O)O. The van der Waals surface area contributed by atoms with Crippen LogP contribution in [0.3, 0.4) is 0 Å². The minimum atomic E-state index is -1.61. The minimum Gasteiger partial charge on any atom is -0.479 e. The average Bonchev–Trinajstić information content (AvgIpc) is 2.36. The lowest BCUT2D eigenvalue weighted by Crippen LogP contribution is -2.45. The van der Waals surface area contributed by atoms with Crippen LogP contribution in [0.15, 0.2) is 30.3 Å². The van der Waals surface area contributed by atoms with Gasteiger partial charge in [0.2, 0.25) is 5.91 Å². The van der Waals surface area contributed by atoms with Gasteiger partial charge < -0.3 is 21.3 Å². The molecular weight excluding hydrogens is 236 g/mol. The Bertz CT molecular complexity index is 408. The van der Waals surface area contributed by atoms with Crippen LogP contribution in [0.4, 0.5) is 0 Å². The molecule has 5 N–H and O–H groups in total. The van der Waals surface area contributed by atoms with Crippen molar-refractivity contribution in [2.24, 2.45) is 5.73 Å². The standard InChI is InChI=1S/C12H16N2O4/c13-9(6-8-4-2-1-3-5-8)11(16)14-7-10(15)12(17)18/h1-5,9-10,15H,6-7,13H2,(H,14,16)(H,17,18)/t9-,10+/m1/s1. The summed E-state index contributed by atoms with van der Waals surface area (Å²) >= 11 is 0. The Morgan fingerprint density at radius 2 is 1.89 bits per heavy atom. The van der Waals surface area contributed by atoms with Gasteiger partial charge in [-0.3, -0.25) is 4.79 Å². The van der Waals surface area contributed by atoms with Crippen LogP contribution in [0.2, 0.25) is 0 Å². The molecule has 1 aromatic rings.